The molecule has 1 aliphatic heterocycles. The van der Waals surface area contributed by atoms with Gasteiger partial charge in [-0.25, -0.2) is 9.18 Å². The average Bonchev–Trinajstić information content (AvgIpc) is 2.60. The number of nitrogens with one attached hydrogen (secondary N) is 1. The van der Waals surface area contributed by atoms with Crippen molar-refractivity contribution in [3.05, 3.63) is 0 Å². The molecule has 1 aliphatic rings. The molecule has 1 saturated heterocycles. The van der Waals surface area contributed by atoms with Gasteiger partial charge < -0.3 is 15.0 Å². The first kappa shape index (κ1) is 15.1. The summed E-state index contributed by atoms with van der Waals surface area (Å²) in [5, 5.41) is 2.90. The van der Waals surface area contributed by atoms with E-state index in [0.29, 0.717) is 13.0 Å². The Morgan fingerprint density at radius 2 is 2.24 bits per heavy atom. The van der Waals surface area contributed by atoms with Crippen molar-refractivity contribution in [3.8, 4) is 0 Å². The Balaban J connectivity index is 2.36. The predicted molar refractivity (Wildman–Crippen MR) is 65.6 cm³/mol. The molecule has 0 spiro atoms. The van der Waals surface area contributed by atoms with Crippen LogP contribution in [0.5, 0.6) is 0 Å². The van der Waals surface area contributed by atoms with E-state index in [9.17, 15) is 9.18 Å². The summed E-state index contributed by atoms with van der Waals surface area (Å²) in [6.07, 6.45) is -0.338. The summed E-state index contributed by atoms with van der Waals surface area (Å²) in [5.74, 6) is 0. The lowest BCUT2D eigenvalue weighted by Gasteiger charge is -2.25. The van der Waals surface area contributed by atoms with Gasteiger partial charge in [0.25, 0.3) is 0 Å². The third-order valence-electron chi connectivity index (χ3n) is 2.38. The molecule has 0 radical (unpaired) electrons. The van der Waals surface area contributed by atoms with E-state index in [1.165, 1.54) is 7.05 Å². The molecule has 1 rings (SSSR count). The quantitative estimate of drug-likeness (QED) is 0.812. The molecule has 0 aromatic carbocycles. The monoisotopic (exact) mass is 306 g/mol. The van der Waals surface area contributed by atoms with Gasteiger partial charge in [0.05, 0.1) is 6.54 Å². The molecule has 0 aliphatic carbocycles. The second-order valence-corrected chi connectivity index (χ2v) is 6.62. The summed E-state index contributed by atoms with van der Waals surface area (Å²) in [7, 11) is 1.44. The highest BCUT2D eigenvalue weighted by molar-refractivity contribution is 6.67. The predicted octanol–water partition coefficient (Wildman–Crippen LogP) is 2.13. The van der Waals surface area contributed by atoms with Gasteiger partial charge in [-0.3, -0.25) is 0 Å². The van der Waals surface area contributed by atoms with Crippen LogP contribution in [-0.2, 0) is 4.74 Å². The first-order chi connectivity index (χ1) is 7.72. The van der Waals surface area contributed by atoms with Crippen LogP contribution in [0.4, 0.5) is 9.18 Å². The van der Waals surface area contributed by atoms with Gasteiger partial charge in [-0.05, 0) is 13.0 Å². The van der Waals surface area contributed by atoms with Crippen molar-refractivity contribution in [2.45, 2.75) is 15.9 Å². The maximum atomic E-state index is 14.0. The summed E-state index contributed by atoms with van der Waals surface area (Å²) < 4.78 is 17.1. The van der Waals surface area contributed by atoms with E-state index in [1.54, 1.807) is 0 Å². The second kappa shape index (κ2) is 5.78. The van der Waals surface area contributed by atoms with Gasteiger partial charge >= 0.3 is 6.09 Å². The topological polar surface area (TPSA) is 41.6 Å². The Hall–Kier alpha value is 0.0300. The van der Waals surface area contributed by atoms with Crippen molar-refractivity contribution < 1.29 is 13.9 Å². The number of ether oxygens (including phenoxy) is 1. The third kappa shape index (κ3) is 5.46. The highest BCUT2D eigenvalue weighted by Crippen LogP contribution is 2.26. The lowest BCUT2D eigenvalue weighted by Crippen LogP contribution is -2.43. The van der Waals surface area contributed by atoms with Crippen molar-refractivity contribution in [1.29, 1.82) is 0 Å². The van der Waals surface area contributed by atoms with Crippen LogP contribution in [0.3, 0.4) is 0 Å². The highest BCUT2D eigenvalue weighted by Gasteiger charge is 2.36. The molecule has 1 fully saturated rings. The van der Waals surface area contributed by atoms with Crippen molar-refractivity contribution in [3.63, 3.8) is 0 Å². The Labute approximate surface area is 114 Å². The molecule has 8 heteroatoms. The maximum absolute atomic E-state index is 14.0. The molecule has 17 heavy (non-hydrogen) atoms. The molecule has 0 bridgehead atoms. The standard InChI is InChI=1S/C9H14Cl3FN2O2/c1-15(5-8(13)2-3-14-4-8)7(16)17-6-9(10,11)12/h14H,2-6H2,1H3. The Bertz CT molecular complexity index is 280. The van der Waals surface area contributed by atoms with E-state index in [1.807, 2.05) is 0 Å². The fourth-order valence-corrected chi connectivity index (χ4v) is 1.76. The molecule has 1 unspecified atom stereocenters. The van der Waals surface area contributed by atoms with Crippen LogP contribution >= 0.6 is 34.8 Å². The minimum Gasteiger partial charge on any atom is -0.445 e. The molecule has 0 saturated carbocycles. The smallest absolute Gasteiger partial charge is 0.409 e. The van der Waals surface area contributed by atoms with Crippen molar-refractivity contribution >= 4 is 40.9 Å². The van der Waals surface area contributed by atoms with Gasteiger partial charge in [0.15, 0.2) is 0 Å². The van der Waals surface area contributed by atoms with Crippen LogP contribution in [-0.4, -0.2) is 53.7 Å². The number of rotatable bonds is 3. The van der Waals surface area contributed by atoms with Crippen molar-refractivity contribution in [1.82, 2.24) is 10.2 Å². The third-order valence-corrected chi connectivity index (χ3v) is 2.71. The zero-order valence-electron chi connectivity index (χ0n) is 9.31. The molecular weight excluding hydrogens is 293 g/mol. The number of hydrogen-bond donors (Lipinski definition) is 1. The fourth-order valence-electron chi connectivity index (χ4n) is 1.59. The molecule has 1 amide bonds. The fraction of sp³-hybridized carbons (Fsp3) is 0.889. The first-order valence-corrected chi connectivity index (χ1v) is 6.20. The molecule has 1 atom stereocenters. The van der Waals surface area contributed by atoms with E-state index in [2.05, 4.69) is 5.32 Å². The largest absolute Gasteiger partial charge is 0.445 e. The normalized spacial score (nSPS) is 24.8. The summed E-state index contributed by atoms with van der Waals surface area (Å²) in [4.78, 5) is 12.6. The maximum Gasteiger partial charge on any atom is 0.409 e. The number of halogens is 4. The summed E-state index contributed by atoms with van der Waals surface area (Å²) in [6, 6.07) is 0. The van der Waals surface area contributed by atoms with Gasteiger partial charge in [0.1, 0.15) is 12.3 Å². The van der Waals surface area contributed by atoms with Crippen LogP contribution in [0.1, 0.15) is 6.42 Å². The van der Waals surface area contributed by atoms with E-state index in [4.69, 9.17) is 39.5 Å². The molecule has 100 valence electrons. The Kier molecular flexibility index (Phi) is 5.13. The zero-order chi connectivity index (χ0) is 13.1. The minimum absolute atomic E-state index is 0.0430. The van der Waals surface area contributed by atoms with E-state index in [0.717, 1.165) is 4.90 Å². The average molecular weight is 308 g/mol. The number of alkyl halides is 4. The van der Waals surface area contributed by atoms with E-state index < -0.39 is 15.6 Å². The second-order valence-electron chi connectivity index (χ2n) is 4.10. The first-order valence-electron chi connectivity index (χ1n) is 5.06. The number of nitrogens with zero attached hydrogens (tertiary/aromatic N) is 1. The van der Waals surface area contributed by atoms with Crippen LogP contribution in [0.15, 0.2) is 0 Å². The SMILES string of the molecule is CN(CC1(F)CCNC1)C(=O)OCC(Cl)(Cl)Cl. The molecule has 1 N–H and O–H groups in total. The van der Waals surface area contributed by atoms with Gasteiger partial charge in [-0.2, -0.15) is 0 Å². The van der Waals surface area contributed by atoms with Crippen molar-refractivity contribution in [2.24, 2.45) is 0 Å². The van der Waals surface area contributed by atoms with Crippen LogP contribution in [0.25, 0.3) is 0 Å². The van der Waals surface area contributed by atoms with Crippen LogP contribution in [0, 0.1) is 0 Å². The van der Waals surface area contributed by atoms with Gasteiger partial charge in [-0.1, -0.05) is 34.8 Å². The Morgan fingerprint density at radius 1 is 1.59 bits per heavy atom. The molecule has 1 heterocycles. The Morgan fingerprint density at radius 3 is 2.71 bits per heavy atom. The van der Waals surface area contributed by atoms with Gasteiger partial charge in [0.2, 0.25) is 3.79 Å². The molecule has 4 nitrogen and oxygen atoms in total. The molecule has 0 aromatic heterocycles. The zero-order valence-corrected chi connectivity index (χ0v) is 11.6. The van der Waals surface area contributed by atoms with Gasteiger partial charge in [0, 0.05) is 13.6 Å². The summed E-state index contributed by atoms with van der Waals surface area (Å²) >= 11 is 16.3. The van der Waals surface area contributed by atoms with Crippen LogP contribution < -0.4 is 5.32 Å². The summed E-state index contributed by atoms with van der Waals surface area (Å²) in [5.41, 5.74) is -1.41. The molecular formula is C9H14Cl3FN2O2. The number of hydrogen-bond acceptors (Lipinski definition) is 3. The molecule has 0 aromatic rings. The number of amides is 1. The summed E-state index contributed by atoms with van der Waals surface area (Å²) in [6.45, 7) is 0.430. The van der Waals surface area contributed by atoms with E-state index in [-0.39, 0.29) is 19.7 Å². The van der Waals surface area contributed by atoms with Crippen LogP contribution in [0.2, 0.25) is 0 Å². The van der Waals surface area contributed by atoms with Crippen molar-refractivity contribution in [2.75, 3.05) is 33.3 Å². The van der Waals surface area contributed by atoms with E-state index >= 15 is 0 Å². The highest BCUT2D eigenvalue weighted by atomic mass is 35.6. The van der Waals surface area contributed by atoms with Gasteiger partial charge in [-0.15, -0.1) is 0 Å². The number of carbonyl (C=O) groups is 1. The number of carbonyl (C=O) groups excluding carboxylic acids is 1. The minimum atomic E-state index is -1.65. The lowest BCUT2D eigenvalue weighted by atomic mass is 10.1. The lowest BCUT2D eigenvalue weighted by molar-refractivity contribution is 0.0811.